The van der Waals surface area contributed by atoms with E-state index in [0.717, 1.165) is 16.9 Å². The molecule has 42 heavy (non-hydrogen) atoms. The van der Waals surface area contributed by atoms with Crippen molar-refractivity contribution in [3.05, 3.63) is 41.2 Å². The molecule has 0 saturated carbocycles. The van der Waals surface area contributed by atoms with Crippen LogP contribution in [0.4, 0.5) is 0 Å². The number of nitrogens with two attached hydrogens (primary N) is 1. The number of carbonyl (C=O) groups is 2. The molecule has 3 aromatic heterocycles. The van der Waals surface area contributed by atoms with E-state index >= 15 is 0 Å². The normalized spacial score (nSPS) is 14.9. The SMILES string of the molecule is COC[C@@H](NC(=O)c1cn(COCC[Si](C)(C)C)c2ncc(-c3nn(C)c4cc(Cl)ccc34)nc12)C(=O)N1CC(N)C1. The number of likely N-dealkylation sites (tertiary alicyclic amines) is 1. The Kier molecular flexibility index (Phi) is 8.67. The van der Waals surface area contributed by atoms with Crippen molar-refractivity contribution in [3.8, 4) is 11.4 Å². The number of amides is 2. The predicted octanol–water partition coefficient (Wildman–Crippen LogP) is 2.87. The molecule has 1 fully saturated rings. The summed E-state index contributed by atoms with van der Waals surface area (Å²) in [5.41, 5.74) is 8.96. The van der Waals surface area contributed by atoms with Crippen LogP contribution in [0.25, 0.3) is 33.5 Å². The maximum Gasteiger partial charge on any atom is 0.255 e. The molecule has 0 aliphatic carbocycles. The largest absolute Gasteiger partial charge is 0.382 e. The van der Waals surface area contributed by atoms with E-state index in [4.69, 9.17) is 36.8 Å². The average Bonchev–Trinajstić information content (AvgIpc) is 3.45. The molecule has 0 bridgehead atoms. The highest BCUT2D eigenvalue weighted by Gasteiger charge is 2.34. The van der Waals surface area contributed by atoms with Crippen molar-refractivity contribution in [2.24, 2.45) is 12.8 Å². The van der Waals surface area contributed by atoms with E-state index in [1.807, 2.05) is 19.2 Å². The van der Waals surface area contributed by atoms with Crippen LogP contribution < -0.4 is 11.1 Å². The van der Waals surface area contributed by atoms with Gasteiger partial charge >= 0.3 is 0 Å². The first-order chi connectivity index (χ1) is 19.9. The molecule has 2 amide bonds. The van der Waals surface area contributed by atoms with Gasteiger partial charge < -0.3 is 30.0 Å². The van der Waals surface area contributed by atoms with Crippen LogP contribution in [-0.2, 0) is 28.0 Å². The highest BCUT2D eigenvalue weighted by Crippen LogP contribution is 2.30. The first-order valence-electron chi connectivity index (χ1n) is 13.9. The molecule has 0 spiro atoms. The van der Waals surface area contributed by atoms with Gasteiger partial charge in [0.25, 0.3) is 5.91 Å². The lowest BCUT2D eigenvalue weighted by molar-refractivity contribution is -0.138. The number of aryl methyl sites for hydroxylation is 1. The number of nitrogens with zero attached hydrogens (tertiary/aromatic N) is 6. The molecule has 0 radical (unpaired) electrons. The number of hydrogen-bond acceptors (Lipinski definition) is 8. The van der Waals surface area contributed by atoms with E-state index in [0.29, 0.717) is 47.3 Å². The van der Waals surface area contributed by atoms with Crippen molar-refractivity contribution in [2.45, 2.75) is 44.5 Å². The van der Waals surface area contributed by atoms with Gasteiger partial charge in [0.05, 0.1) is 23.9 Å². The van der Waals surface area contributed by atoms with Crippen LogP contribution in [0.1, 0.15) is 10.4 Å². The van der Waals surface area contributed by atoms with Crippen LogP contribution in [0, 0.1) is 0 Å². The van der Waals surface area contributed by atoms with E-state index in [-0.39, 0.29) is 30.9 Å². The number of fused-ring (bicyclic) bond motifs is 2. The highest BCUT2D eigenvalue weighted by atomic mass is 35.5. The number of halogens is 1. The molecule has 1 aliphatic rings. The number of benzene rings is 1. The maximum atomic E-state index is 13.7. The first kappa shape index (κ1) is 30.1. The summed E-state index contributed by atoms with van der Waals surface area (Å²) in [5, 5.41) is 8.96. The molecule has 224 valence electrons. The van der Waals surface area contributed by atoms with Gasteiger partial charge in [-0.1, -0.05) is 31.2 Å². The third-order valence-corrected chi connectivity index (χ3v) is 9.19. The Balaban J connectivity index is 1.50. The lowest BCUT2D eigenvalue weighted by Gasteiger charge is -2.38. The summed E-state index contributed by atoms with van der Waals surface area (Å²) in [4.78, 5) is 37.9. The second-order valence-electron chi connectivity index (χ2n) is 11.9. The van der Waals surface area contributed by atoms with Crippen molar-refractivity contribution in [1.82, 2.24) is 34.5 Å². The van der Waals surface area contributed by atoms with Gasteiger partial charge in [-0.25, -0.2) is 9.97 Å². The Labute approximate surface area is 250 Å². The predicted molar refractivity (Wildman–Crippen MR) is 164 cm³/mol. The summed E-state index contributed by atoms with van der Waals surface area (Å²) >= 11 is 6.22. The smallest absolute Gasteiger partial charge is 0.255 e. The summed E-state index contributed by atoms with van der Waals surface area (Å²) < 4.78 is 14.7. The Hall–Kier alpha value is -3.36. The number of hydrogen-bond donors (Lipinski definition) is 2. The molecule has 1 aromatic carbocycles. The molecule has 4 aromatic rings. The minimum Gasteiger partial charge on any atom is -0.382 e. The van der Waals surface area contributed by atoms with Crippen LogP contribution in [-0.4, -0.2) is 94.6 Å². The zero-order chi connectivity index (χ0) is 30.2. The molecule has 1 atom stereocenters. The highest BCUT2D eigenvalue weighted by molar-refractivity contribution is 6.76. The number of ether oxygens (including phenoxy) is 2. The second kappa shape index (κ2) is 12.1. The number of rotatable bonds is 11. The molecule has 4 heterocycles. The monoisotopic (exact) mass is 612 g/mol. The molecule has 12 nitrogen and oxygen atoms in total. The summed E-state index contributed by atoms with van der Waals surface area (Å²) in [6.07, 6.45) is 3.31. The molecular formula is C28H37ClN8O4Si. The molecule has 1 aliphatic heterocycles. The third kappa shape index (κ3) is 6.34. The number of carbonyl (C=O) groups excluding carboxylic acids is 2. The first-order valence-corrected chi connectivity index (χ1v) is 17.9. The van der Waals surface area contributed by atoms with E-state index in [2.05, 4.69) is 30.1 Å². The topological polar surface area (TPSA) is 142 Å². The summed E-state index contributed by atoms with van der Waals surface area (Å²) in [5.74, 6) is -0.708. The Morgan fingerprint density at radius 2 is 2.02 bits per heavy atom. The standard InChI is InChI=1S/C28H37ClN8O4Si/c1-35-23-10-17(29)6-7-19(23)24(34-35)21-11-31-26-25(32-21)20(14-37(26)16-41-8-9-42(3,4)5)27(38)33-22(15-40-2)28(39)36-12-18(30)13-36/h6-7,10-11,14,18,22H,8-9,12-13,15-16,30H2,1-5H3,(H,33,38)/t22-/m1/s1. The van der Waals surface area contributed by atoms with Gasteiger partial charge in [0.2, 0.25) is 5.91 Å². The van der Waals surface area contributed by atoms with Crippen LogP contribution >= 0.6 is 11.6 Å². The van der Waals surface area contributed by atoms with E-state index in [1.165, 1.54) is 7.11 Å². The number of aromatic nitrogens is 5. The quantitative estimate of drug-likeness (QED) is 0.194. The fourth-order valence-corrected chi connectivity index (χ4v) is 5.80. The van der Waals surface area contributed by atoms with Crippen molar-refractivity contribution in [1.29, 1.82) is 0 Å². The van der Waals surface area contributed by atoms with Crippen LogP contribution in [0.15, 0.2) is 30.6 Å². The van der Waals surface area contributed by atoms with Gasteiger partial charge in [0.15, 0.2) is 5.65 Å². The lowest BCUT2D eigenvalue weighted by atomic mass is 10.1. The summed E-state index contributed by atoms with van der Waals surface area (Å²) in [6.45, 7) is 8.59. The van der Waals surface area contributed by atoms with Crippen molar-refractivity contribution in [2.75, 3.05) is 33.4 Å². The summed E-state index contributed by atoms with van der Waals surface area (Å²) in [7, 11) is 2.04. The van der Waals surface area contributed by atoms with Gasteiger partial charge in [-0.3, -0.25) is 14.3 Å². The number of nitrogens with one attached hydrogen (secondary N) is 1. The maximum absolute atomic E-state index is 13.7. The Morgan fingerprint density at radius 3 is 2.71 bits per heavy atom. The minimum atomic E-state index is -1.28. The van der Waals surface area contributed by atoms with Crippen LogP contribution in [0.3, 0.4) is 0 Å². The van der Waals surface area contributed by atoms with Crippen LogP contribution in [0.5, 0.6) is 0 Å². The Bertz CT molecular complexity index is 1630. The summed E-state index contributed by atoms with van der Waals surface area (Å²) in [6, 6.07) is 5.60. The van der Waals surface area contributed by atoms with Gasteiger partial charge in [-0.15, -0.1) is 0 Å². The van der Waals surface area contributed by atoms with Crippen molar-refractivity contribution in [3.63, 3.8) is 0 Å². The van der Waals surface area contributed by atoms with Crippen molar-refractivity contribution < 1.29 is 19.1 Å². The zero-order valence-corrected chi connectivity index (χ0v) is 26.3. The fraction of sp³-hybridized carbons (Fsp3) is 0.464. The van der Waals surface area contributed by atoms with Gasteiger partial charge in [0, 0.05) is 64.6 Å². The lowest BCUT2D eigenvalue weighted by Crippen LogP contribution is -2.62. The third-order valence-electron chi connectivity index (χ3n) is 7.25. The van der Waals surface area contributed by atoms with E-state index in [1.54, 1.807) is 32.6 Å². The van der Waals surface area contributed by atoms with Crippen molar-refractivity contribution >= 4 is 53.6 Å². The second-order valence-corrected chi connectivity index (χ2v) is 18.0. The molecule has 14 heteroatoms. The fourth-order valence-electron chi connectivity index (χ4n) is 4.88. The van der Waals surface area contributed by atoms with Gasteiger partial charge in [-0.05, 0) is 24.2 Å². The molecule has 0 unspecified atom stereocenters. The van der Waals surface area contributed by atoms with Gasteiger partial charge in [0.1, 0.15) is 29.7 Å². The zero-order valence-electron chi connectivity index (χ0n) is 24.6. The average molecular weight is 613 g/mol. The molecule has 1 saturated heterocycles. The van der Waals surface area contributed by atoms with Gasteiger partial charge in [-0.2, -0.15) is 5.10 Å². The minimum absolute atomic E-state index is 0.0220. The van der Waals surface area contributed by atoms with Crippen LogP contribution in [0.2, 0.25) is 30.7 Å². The van der Waals surface area contributed by atoms with E-state index < -0.39 is 20.0 Å². The Morgan fingerprint density at radius 1 is 1.26 bits per heavy atom. The molecule has 3 N–H and O–H groups in total. The number of methoxy groups -OCH3 is 1. The molecular weight excluding hydrogens is 576 g/mol. The van der Waals surface area contributed by atoms with E-state index in [9.17, 15) is 9.59 Å². The molecule has 5 rings (SSSR count).